The van der Waals surface area contributed by atoms with E-state index < -0.39 is 0 Å². The monoisotopic (exact) mass is 351 g/mol. The largest absolute Gasteiger partial charge is 0.398 e. The maximum atomic E-state index is 6.48. The number of aryl methyl sites for hydroxylation is 1. The summed E-state index contributed by atoms with van der Waals surface area (Å²) in [5.74, 6) is 0. The van der Waals surface area contributed by atoms with Gasteiger partial charge in [-0.05, 0) is 62.2 Å². The Balaban J connectivity index is 1.85. The van der Waals surface area contributed by atoms with Gasteiger partial charge in [0, 0.05) is 11.1 Å². The van der Waals surface area contributed by atoms with Crippen LogP contribution in [0.3, 0.4) is 0 Å². The van der Waals surface area contributed by atoms with E-state index in [4.69, 9.17) is 5.73 Å². The van der Waals surface area contributed by atoms with Crippen molar-refractivity contribution < 1.29 is 0 Å². The smallest absolute Gasteiger partial charge is 0.0400 e. The van der Waals surface area contributed by atoms with Crippen LogP contribution in [0.5, 0.6) is 0 Å². The lowest BCUT2D eigenvalue weighted by Crippen LogP contribution is -1.94. The van der Waals surface area contributed by atoms with Crippen LogP contribution < -0.4 is 5.73 Å². The average molecular weight is 351 g/mol. The average Bonchev–Trinajstić information content (AvgIpc) is 2.70. The van der Waals surface area contributed by atoms with E-state index in [0.29, 0.717) is 0 Å². The predicted octanol–water partition coefficient (Wildman–Crippen LogP) is 7.44. The van der Waals surface area contributed by atoms with E-state index >= 15 is 0 Å². The summed E-state index contributed by atoms with van der Waals surface area (Å²) < 4.78 is 0. The molecule has 0 amide bonds. The number of unbranched alkanes of at least 4 members (excludes halogenated alkanes) is 3. The Bertz CT molecular complexity index is 1270. The van der Waals surface area contributed by atoms with Crippen LogP contribution in [-0.2, 0) is 6.42 Å². The lowest BCUT2D eigenvalue weighted by Gasteiger charge is -2.17. The van der Waals surface area contributed by atoms with Gasteiger partial charge < -0.3 is 5.73 Å². The van der Waals surface area contributed by atoms with Gasteiger partial charge in [0.05, 0.1) is 0 Å². The van der Waals surface area contributed by atoms with Gasteiger partial charge in [-0.3, -0.25) is 0 Å². The molecule has 0 heterocycles. The summed E-state index contributed by atoms with van der Waals surface area (Å²) in [6.07, 6.45) is 6.34. The molecule has 0 radical (unpaired) electrons. The molecule has 0 aliphatic rings. The van der Waals surface area contributed by atoms with Gasteiger partial charge in [0.25, 0.3) is 0 Å². The molecule has 0 bridgehead atoms. The van der Waals surface area contributed by atoms with E-state index in [1.54, 1.807) is 0 Å². The molecule has 0 aromatic heterocycles. The summed E-state index contributed by atoms with van der Waals surface area (Å²) in [6, 6.07) is 22.2. The minimum atomic E-state index is 0.876. The molecule has 0 atom stereocenters. The Kier molecular flexibility index (Phi) is 3.89. The van der Waals surface area contributed by atoms with Gasteiger partial charge in [-0.25, -0.2) is 0 Å². The molecule has 1 nitrogen and oxygen atoms in total. The van der Waals surface area contributed by atoms with Gasteiger partial charge in [-0.15, -0.1) is 0 Å². The summed E-state index contributed by atoms with van der Waals surface area (Å²) >= 11 is 0. The SMILES string of the molecule is CCCCCCc1ccc2c3cccc4ccc(N)c(c5cccc1c25)c43. The van der Waals surface area contributed by atoms with Crippen molar-refractivity contribution in [2.45, 2.75) is 39.0 Å². The number of hydrogen-bond acceptors (Lipinski definition) is 1. The first-order valence-corrected chi connectivity index (χ1v) is 10.2. The topological polar surface area (TPSA) is 26.0 Å². The number of fused-ring (bicyclic) bond motifs is 2. The van der Waals surface area contributed by atoms with E-state index in [0.717, 1.165) is 12.1 Å². The second kappa shape index (κ2) is 6.42. The maximum Gasteiger partial charge on any atom is 0.0400 e. The third-order valence-corrected chi connectivity index (χ3v) is 6.07. The molecule has 134 valence electrons. The first kappa shape index (κ1) is 16.4. The number of nitrogens with two attached hydrogens (primary N) is 1. The van der Waals surface area contributed by atoms with Crippen LogP contribution in [0.4, 0.5) is 5.69 Å². The van der Waals surface area contributed by atoms with Crippen molar-refractivity contribution in [1.82, 2.24) is 0 Å². The van der Waals surface area contributed by atoms with Gasteiger partial charge in [0.2, 0.25) is 0 Å². The highest BCUT2D eigenvalue weighted by atomic mass is 14.6. The second-order valence-corrected chi connectivity index (χ2v) is 7.74. The van der Waals surface area contributed by atoms with Gasteiger partial charge in [-0.1, -0.05) is 80.8 Å². The zero-order chi connectivity index (χ0) is 18.4. The molecule has 0 unspecified atom stereocenters. The van der Waals surface area contributed by atoms with Crippen molar-refractivity contribution in [3.05, 3.63) is 66.2 Å². The van der Waals surface area contributed by atoms with Crippen molar-refractivity contribution in [1.29, 1.82) is 0 Å². The van der Waals surface area contributed by atoms with Crippen LogP contribution in [0.1, 0.15) is 38.2 Å². The maximum absolute atomic E-state index is 6.48. The van der Waals surface area contributed by atoms with Gasteiger partial charge in [-0.2, -0.15) is 0 Å². The van der Waals surface area contributed by atoms with Crippen molar-refractivity contribution in [2.24, 2.45) is 0 Å². The summed E-state index contributed by atoms with van der Waals surface area (Å²) in [5, 5.41) is 10.5. The fourth-order valence-corrected chi connectivity index (χ4v) is 4.77. The zero-order valence-electron chi connectivity index (χ0n) is 15.9. The minimum absolute atomic E-state index is 0.876. The highest BCUT2D eigenvalue weighted by Gasteiger charge is 2.15. The molecule has 0 aliphatic carbocycles. The fourth-order valence-electron chi connectivity index (χ4n) is 4.77. The Morgan fingerprint density at radius 2 is 1.41 bits per heavy atom. The van der Waals surface area contributed by atoms with Crippen LogP contribution in [0, 0.1) is 0 Å². The van der Waals surface area contributed by atoms with E-state index in [2.05, 4.69) is 67.6 Å². The Hall–Kier alpha value is -2.80. The molecular weight excluding hydrogens is 326 g/mol. The van der Waals surface area contributed by atoms with Crippen LogP contribution in [0.25, 0.3) is 43.1 Å². The lowest BCUT2D eigenvalue weighted by molar-refractivity contribution is 0.668. The molecule has 0 saturated carbocycles. The molecule has 0 fully saturated rings. The molecule has 0 spiro atoms. The summed E-state index contributed by atoms with van der Waals surface area (Å²) in [7, 11) is 0. The summed E-state index contributed by atoms with van der Waals surface area (Å²) in [5.41, 5.74) is 8.83. The lowest BCUT2D eigenvalue weighted by atomic mass is 9.87. The molecule has 2 N–H and O–H groups in total. The van der Waals surface area contributed by atoms with Gasteiger partial charge in [0.15, 0.2) is 0 Å². The third kappa shape index (κ3) is 2.45. The molecule has 5 rings (SSSR count). The third-order valence-electron chi connectivity index (χ3n) is 6.07. The molecule has 0 aliphatic heterocycles. The Morgan fingerprint density at radius 3 is 2.30 bits per heavy atom. The van der Waals surface area contributed by atoms with Crippen molar-refractivity contribution in [2.75, 3.05) is 5.73 Å². The van der Waals surface area contributed by atoms with Crippen LogP contribution in [0.2, 0.25) is 0 Å². The zero-order valence-corrected chi connectivity index (χ0v) is 15.9. The first-order valence-electron chi connectivity index (χ1n) is 10.2. The molecule has 27 heavy (non-hydrogen) atoms. The number of anilines is 1. The number of rotatable bonds is 5. The standard InChI is InChI=1S/C26H25N/c1-2-3-4-5-8-17-13-15-21-20-11-6-9-18-14-16-23(27)26(24(18)20)22-12-7-10-19(17)25(21)22/h6-7,9-16H,2-5,8,27H2,1H3. The van der Waals surface area contributed by atoms with Gasteiger partial charge in [0.1, 0.15) is 0 Å². The molecular formula is C26H25N. The number of nitrogen functional groups attached to an aromatic ring is 1. The molecule has 5 aromatic rings. The van der Waals surface area contributed by atoms with E-state index in [1.807, 2.05) is 0 Å². The van der Waals surface area contributed by atoms with Crippen LogP contribution in [0.15, 0.2) is 60.7 Å². The first-order chi connectivity index (χ1) is 13.3. The van der Waals surface area contributed by atoms with Crippen molar-refractivity contribution in [3.63, 3.8) is 0 Å². The highest BCUT2D eigenvalue weighted by molar-refractivity contribution is 6.35. The van der Waals surface area contributed by atoms with Crippen molar-refractivity contribution >= 4 is 48.8 Å². The Morgan fingerprint density at radius 1 is 0.630 bits per heavy atom. The van der Waals surface area contributed by atoms with E-state index in [9.17, 15) is 0 Å². The summed E-state index contributed by atoms with van der Waals surface area (Å²) in [6.45, 7) is 2.27. The predicted molar refractivity (Wildman–Crippen MR) is 120 cm³/mol. The van der Waals surface area contributed by atoms with E-state index in [1.165, 1.54) is 74.3 Å². The van der Waals surface area contributed by atoms with E-state index in [-0.39, 0.29) is 0 Å². The minimum Gasteiger partial charge on any atom is -0.398 e. The highest BCUT2D eigenvalue weighted by Crippen LogP contribution is 2.43. The van der Waals surface area contributed by atoms with Crippen molar-refractivity contribution in [3.8, 4) is 0 Å². The van der Waals surface area contributed by atoms with Crippen LogP contribution >= 0.6 is 0 Å². The van der Waals surface area contributed by atoms with Gasteiger partial charge >= 0.3 is 0 Å². The molecule has 0 saturated heterocycles. The van der Waals surface area contributed by atoms with Crippen LogP contribution in [-0.4, -0.2) is 0 Å². The fraction of sp³-hybridized carbons (Fsp3) is 0.231. The molecule has 5 aromatic carbocycles. The Labute approximate surface area is 160 Å². The number of hydrogen-bond donors (Lipinski definition) is 1. The summed E-state index contributed by atoms with van der Waals surface area (Å²) in [4.78, 5) is 0. The normalized spacial score (nSPS) is 12.0. The molecule has 1 heteroatoms. The second-order valence-electron chi connectivity index (χ2n) is 7.74. The number of benzene rings is 5. The quantitative estimate of drug-likeness (QED) is 0.151.